The van der Waals surface area contributed by atoms with Gasteiger partial charge in [0.2, 0.25) is 0 Å². The van der Waals surface area contributed by atoms with Crippen LogP contribution in [0.3, 0.4) is 0 Å². The molecule has 0 bridgehead atoms. The first kappa shape index (κ1) is 12.1. The molecule has 1 N–H and O–H groups in total. The van der Waals surface area contributed by atoms with Gasteiger partial charge in [0.25, 0.3) is 0 Å². The largest absolute Gasteiger partial charge is 0.365 e. The Labute approximate surface area is 115 Å². The molecule has 1 aliphatic heterocycles. The maximum atomic E-state index is 3.66. The molecule has 1 fully saturated rings. The minimum absolute atomic E-state index is 0.401. The molecule has 1 unspecified atom stereocenters. The summed E-state index contributed by atoms with van der Waals surface area (Å²) in [5.74, 6) is 0. The van der Waals surface area contributed by atoms with E-state index in [9.17, 15) is 0 Å². The molecule has 1 atom stereocenters. The number of para-hydroxylation sites is 2. The molecule has 0 amide bonds. The molecule has 3 rings (SSSR count). The van der Waals surface area contributed by atoms with E-state index in [4.69, 9.17) is 0 Å². The van der Waals surface area contributed by atoms with Crippen molar-refractivity contribution in [3.05, 3.63) is 60.7 Å². The zero-order valence-corrected chi connectivity index (χ0v) is 11.1. The van der Waals surface area contributed by atoms with Crippen molar-refractivity contribution < 1.29 is 0 Å². The Bertz CT molecular complexity index is 495. The molecule has 0 spiro atoms. The van der Waals surface area contributed by atoms with E-state index in [-0.39, 0.29) is 0 Å². The fourth-order valence-corrected chi connectivity index (χ4v) is 2.74. The van der Waals surface area contributed by atoms with Crippen molar-refractivity contribution in [2.24, 2.45) is 0 Å². The minimum atomic E-state index is 0.401. The number of anilines is 2. The highest BCUT2D eigenvalue weighted by molar-refractivity contribution is 5.51. The van der Waals surface area contributed by atoms with Crippen LogP contribution in [0.4, 0.5) is 11.4 Å². The molecule has 0 aromatic heterocycles. The van der Waals surface area contributed by atoms with Crippen LogP contribution in [0.25, 0.3) is 0 Å². The first-order valence-electron chi connectivity index (χ1n) is 7.07. The van der Waals surface area contributed by atoms with Crippen molar-refractivity contribution in [3.63, 3.8) is 0 Å². The van der Waals surface area contributed by atoms with Gasteiger partial charge in [-0.2, -0.15) is 0 Å². The molecule has 1 saturated heterocycles. The van der Waals surface area contributed by atoms with E-state index in [1.165, 1.54) is 30.6 Å². The molecule has 1 heterocycles. The van der Waals surface area contributed by atoms with Gasteiger partial charge in [-0.1, -0.05) is 36.4 Å². The number of hydrogen-bond donors (Lipinski definition) is 1. The van der Waals surface area contributed by atoms with Crippen molar-refractivity contribution >= 4 is 11.4 Å². The van der Waals surface area contributed by atoms with Crippen LogP contribution in [-0.2, 0) is 0 Å². The van der Waals surface area contributed by atoms with Crippen molar-refractivity contribution in [1.29, 1.82) is 0 Å². The van der Waals surface area contributed by atoms with Crippen LogP contribution in [-0.4, -0.2) is 12.7 Å². The molecule has 2 aromatic rings. The first-order chi connectivity index (χ1) is 9.43. The van der Waals surface area contributed by atoms with Crippen LogP contribution in [0.15, 0.2) is 60.7 Å². The summed E-state index contributed by atoms with van der Waals surface area (Å²) in [6.45, 7) is 1.13. The second kappa shape index (κ2) is 5.79. The summed E-state index contributed by atoms with van der Waals surface area (Å²) >= 11 is 0. The number of benzene rings is 2. The van der Waals surface area contributed by atoms with Gasteiger partial charge in [0.1, 0.15) is 0 Å². The fraction of sp³-hybridized carbons (Fsp3) is 0.294. The molecule has 2 nitrogen and oxygen atoms in total. The van der Waals surface area contributed by atoms with Gasteiger partial charge in [0.05, 0.1) is 6.17 Å². The molecular formula is C17H20N2. The lowest BCUT2D eigenvalue weighted by atomic mass is 10.1. The van der Waals surface area contributed by atoms with Crippen LogP contribution >= 0.6 is 0 Å². The van der Waals surface area contributed by atoms with E-state index in [2.05, 4.69) is 70.9 Å². The smallest absolute Gasteiger partial charge is 0.0989 e. The van der Waals surface area contributed by atoms with E-state index in [1.54, 1.807) is 0 Å². The summed E-state index contributed by atoms with van der Waals surface area (Å²) in [4.78, 5) is 2.48. The average Bonchev–Trinajstić information content (AvgIpc) is 2.50. The molecule has 2 aromatic carbocycles. The Hall–Kier alpha value is -1.96. The quantitative estimate of drug-likeness (QED) is 0.884. The summed E-state index contributed by atoms with van der Waals surface area (Å²) in [5.41, 5.74) is 2.52. The third-order valence-corrected chi connectivity index (χ3v) is 3.70. The molecule has 0 radical (unpaired) electrons. The minimum Gasteiger partial charge on any atom is -0.365 e. The van der Waals surface area contributed by atoms with Crippen LogP contribution in [0.1, 0.15) is 19.3 Å². The summed E-state index contributed by atoms with van der Waals surface area (Å²) in [6.07, 6.45) is 4.18. The number of piperidine rings is 1. The second-order valence-corrected chi connectivity index (χ2v) is 5.05. The lowest BCUT2D eigenvalue weighted by Gasteiger charge is -2.38. The zero-order valence-electron chi connectivity index (χ0n) is 11.1. The number of nitrogens with one attached hydrogen (secondary N) is 1. The topological polar surface area (TPSA) is 15.3 Å². The molecule has 19 heavy (non-hydrogen) atoms. The highest BCUT2D eigenvalue weighted by Crippen LogP contribution is 2.25. The van der Waals surface area contributed by atoms with Crippen molar-refractivity contribution in [1.82, 2.24) is 0 Å². The Balaban J connectivity index is 1.78. The SMILES string of the molecule is c1ccc(NC2CCCCN2c2ccccc2)cc1. The maximum Gasteiger partial charge on any atom is 0.0989 e. The predicted octanol–water partition coefficient (Wildman–Crippen LogP) is 4.12. The van der Waals surface area contributed by atoms with Crippen LogP contribution in [0.5, 0.6) is 0 Å². The van der Waals surface area contributed by atoms with Gasteiger partial charge in [0.15, 0.2) is 0 Å². The Morgan fingerprint density at radius 2 is 1.53 bits per heavy atom. The Morgan fingerprint density at radius 1 is 0.842 bits per heavy atom. The highest BCUT2D eigenvalue weighted by atomic mass is 15.3. The number of rotatable bonds is 3. The van der Waals surface area contributed by atoms with Crippen molar-refractivity contribution in [2.75, 3.05) is 16.8 Å². The fourth-order valence-electron chi connectivity index (χ4n) is 2.74. The van der Waals surface area contributed by atoms with Gasteiger partial charge in [0, 0.05) is 17.9 Å². The summed E-state index contributed by atoms with van der Waals surface area (Å²) in [6, 6.07) is 21.2. The molecule has 98 valence electrons. The van der Waals surface area contributed by atoms with Gasteiger partial charge in [-0.15, -0.1) is 0 Å². The van der Waals surface area contributed by atoms with Gasteiger partial charge >= 0.3 is 0 Å². The highest BCUT2D eigenvalue weighted by Gasteiger charge is 2.22. The molecule has 1 aliphatic rings. The predicted molar refractivity (Wildman–Crippen MR) is 81.5 cm³/mol. The average molecular weight is 252 g/mol. The maximum absolute atomic E-state index is 3.66. The molecular weight excluding hydrogens is 232 g/mol. The summed E-state index contributed by atoms with van der Waals surface area (Å²) in [5, 5.41) is 3.66. The zero-order chi connectivity index (χ0) is 12.9. The van der Waals surface area contributed by atoms with Gasteiger partial charge in [-0.25, -0.2) is 0 Å². The lowest BCUT2D eigenvalue weighted by molar-refractivity contribution is 0.493. The van der Waals surface area contributed by atoms with Crippen LogP contribution in [0, 0.1) is 0 Å². The van der Waals surface area contributed by atoms with Crippen LogP contribution in [0.2, 0.25) is 0 Å². The molecule has 0 saturated carbocycles. The van der Waals surface area contributed by atoms with Gasteiger partial charge in [-0.3, -0.25) is 0 Å². The van der Waals surface area contributed by atoms with Gasteiger partial charge in [-0.05, 0) is 43.5 Å². The van der Waals surface area contributed by atoms with Crippen molar-refractivity contribution in [2.45, 2.75) is 25.4 Å². The summed E-state index contributed by atoms with van der Waals surface area (Å²) < 4.78 is 0. The van der Waals surface area contributed by atoms with Gasteiger partial charge < -0.3 is 10.2 Å². The third-order valence-electron chi connectivity index (χ3n) is 3.70. The third kappa shape index (κ3) is 2.90. The standard InChI is InChI=1S/C17H20N2/c1-3-9-15(10-4-1)18-17-13-7-8-14-19(17)16-11-5-2-6-12-16/h1-6,9-12,17-18H,7-8,13-14H2. The summed E-state index contributed by atoms with van der Waals surface area (Å²) in [7, 11) is 0. The first-order valence-corrected chi connectivity index (χ1v) is 7.07. The van der Waals surface area contributed by atoms with E-state index < -0.39 is 0 Å². The normalized spacial score (nSPS) is 19.2. The van der Waals surface area contributed by atoms with E-state index in [1.807, 2.05) is 0 Å². The van der Waals surface area contributed by atoms with E-state index in [0.29, 0.717) is 6.17 Å². The van der Waals surface area contributed by atoms with Crippen LogP contribution < -0.4 is 10.2 Å². The molecule has 0 aliphatic carbocycles. The van der Waals surface area contributed by atoms with Crippen molar-refractivity contribution in [3.8, 4) is 0 Å². The lowest BCUT2D eigenvalue weighted by Crippen LogP contribution is -2.44. The number of nitrogens with zero attached hydrogens (tertiary/aromatic N) is 1. The Kier molecular flexibility index (Phi) is 3.68. The molecule has 2 heteroatoms. The van der Waals surface area contributed by atoms with E-state index in [0.717, 1.165) is 6.54 Å². The van der Waals surface area contributed by atoms with E-state index >= 15 is 0 Å². The second-order valence-electron chi connectivity index (χ2n) is 5.05. The Morgan fingerprint density at radius 3 is 2.26 bits per heavy atom. The monoisotopic (exact) mass is 252 g/mol. The number of hydrogen-bond acceptors (Lipinski definition) is 2.